The summed E-state index contributed by atoms with van der Waals surface area (Å²) < 4.78 is 6.76. The molecule has 0 heterocycles. The smallest absolute Gasteiger partial charge is 0.0641 e. The fourth-order valence-corrected chi connectivity index (χ4v) is 2.67. The van der Waals surface area contributed by atoms with Crippen LogP contribution in [0.4, 0.5) is 5.69 Å². The van der Waals surface area contributed by atoms with Crippen molar-refractivity contribution in [2.24, 2.45) is 11.7 Å². The summed E-state index contributed by atoms with van der Waals surface area (Å²) in [5, 5.41) is 0. The first-order valence-electron chi connectivity index (χ1n) is 6.92. The molecule has 0 bridgehead atoms. The van der Waals surface area contributed by atoms with Crippen LogP contribution in [0.5, 0.6) is 0 Å². The summed E-state index contributed by atoms with van der Waals surface area (Å²) in [6, 6.07) is 6.37. The summed E-state index contributed by atoms with van der Waals surface area (Å²) in [7, 11) is 2.09. The molecule has 0 radical (unpaired) electrons. The molecule has 1 aliphatic rings. The van der Waals surface area contributed by atoms with Crippen LogP contribution in [0.25, 0.3) is 0 Å². The van der Waals surface area contributed by atoms with Crippen LogP contribution in [0, 0.1) is 5.92 Å². The lowest BCUT2D eigenvalue weighted by Gasteiger charge is -2.21. The lowest BCUT2D eigenvalue weighted by Crippen LogP contribution is -2.23. The third-order valence-corrected chi connectivity index (χ3v) is 4.17. The zero-order valence-electron chi connectivity index (χ0n) is 11.7. The Balaban J connectivity index is 1.84. The van der Waals surface area contributed by atoms with Crippen molar-refractivity contribution in [1.29, 1.82) is 0 Å². The van der Waals surface area contributed by atoms with Crippen molar-refractivity contribution in [2.75, 3.05) is 31.7 Å². The molecule has 1 aromatic carbocycles. The number of nitrogens with zero attached hydrogens (tertiary/aromatic N) is 1. The Bertz CT molecular complexity index is 419. The molecule has 1 fully saturated rings. The van der Waals surface area contributed by atoms with E-state index in [1.54, 1.807) is 0 Å². The van der Waals surface area contributed by atoms with Gasteiger partial charge in [0.2, 0.25) is 0 Å². The maximum atomic E-state index is 5.89. The standard InChI is InChI=1S/C15H23BrN2O/c1-11(17)13-5-6-15(14(16)9-13)18(2)7-8-19-10-12-3-4-12/h5-6,9,11-12H,3-4,7-8,10,17H2,1-2H3/t11-/m1/s1. The molecular formula is C15H23BrN2O. The molecule has 19 heavy (non-hydrogen) atoms. The van der Waals surface area contributed by atoms with Gasteiger partial charge in [-0.15, -0.1) is 0 Å². The first kappa shape index (κ1) is 14.8. The van der Waals surface area contributed by atoms with Crippen LogP contribution in [-0.2, 0) is 4.74 Å². The molecular weight excluding hydrogens is 304 g/mol. The van der Waals surface area contributed by atoms with E-state index in [2.05, 4.69) is 46.1 Å². The molecule has 0 unspecified atom stereocenters. The lowest BCUT2D eigenvalue weighted by atomic mass is 10.1. The number of nitrogens with two attached hydrogens (primary N) is 1. The van der Waals surface area contributed by atoms with E-state index in [0.717, 1.165) is 35.7 Å². The molecule has 2 rings (SSSR count). The quantitative estimate of drug-likeness (QED) is 0.781. The number of rotatable bonds is 7. The summed E-state index contributed by atoms with van der Waals surface area (Å²) in [4.78, 5) is 2.21. The van der Waals surface area contributed by atoms with Crippen molar-refractivity contribution < 1.29 is 4.74 Å². The Labute approximate surface area is 124 Å². The zero-order chi connectivity index (χ0) is 13.8. The van der Waals surface area contributed by atoms with Crippen molar-refractivity contribution in [3.63, 3.8) is 0 Å². The van der Waals surface area contributed by atoms with Crippen molar-refractivity contribution >= 4 is 21.6 Å². The fourth-order valence-electron chi connectivity index (χ4n) is 1.97. The van der Waals surface area contributed by atoms with Gasteiger partial charge in [0.25, 0.3) is 0 Å². The van der Waals surface area contributed by atoms with E-state index in [1.807, 2.05) is 6.92 Å². The van der Waals surface area contributed by atoms with Crippen LogP contribution in [0.15, 0.2) is 22.7 Å². The second-order valence-corrected chi connectivity index (χ2v) is 6.29. The molecule has 1 aromatic rings. The maximum Gasteiger partial charge on any atom is 0.0641 e. The van der Waals surface area contributed by atoms with E-state index in [4.69, 9.17) is 10.5 Å². The van der Waals surface area contributed by atoms with Crippen LogP contribution >= 0.6 is 15.9 Å². The maximum absolute atomic E-state index is 5.89. The number of hydrogen-bond donors (Lipinski definition) is 1. The minimum absolute atomic E-state index is 0.0672. The van der Waals surface area contributed by atoms with Crippen molar-refractivity contribution in [3.8, 4) is 0 Å². The van der Waals surface area contributed by atoms with Gasteiger partial charge in [-0.1, -0.05) is 6.07 Å². The number of anilines is 1. The number of likely N-dealkylation sites (N-methyl/N-ethyl adjacent to an activating group) is 1. The Morgan fingerprint density at radius 1 is 1.47 bits per heavy atom. The van der Waals surface area contributed by atoms with Crippen LogP contribution in [0.3, 0.4) is 0 Å². The first-order valence-corrected chi connectivity index (χ1v) is 7.71. The number of benzene rings is 1. The van der Waals surface area contributed by atoms with Crippen LogP contribution < -0.4 is 10.6 Å². The predicted octanol–water partition coefficient (Wildman–Crippen LogP) is 3.33. The topological polar surface area (TPSA) is 38.5 Å². The minimum Gasteiger partial charge on any atom is -0.379 e. The monoisotopic (exact) mass is 326 g/mol. The third kappa shape index (κ3) is 4.48. The fraction of sp³-hybridized carbons (Fsp3) is 0.600. The molecule has 3 nitrogen and oxygen atoms in total. The van der Waals surface area contributed by atoms with E-state index in [0.29, 0.717) is 0 Å². The molecule has 4 heteroatoms. The Kier molecular flexibility index (Phi) is 5.25. The van der Waals surface area contributed by atoms with Gasteiger partial charge in [0.05, 0.1) is 12.3 Å². The van der Waals surface area contributed by atoms with Gasteiger partial charge in [-0.3, -0.25) is 0 Å². The predicted molar refractivity (Wildman–Crippen MR) is 83.6 cm³/mol. The summed E-state index contributed by atoms with van der Waals surface area (Å²) in [5.41, 5.74) is 8.21. The molecule has 0 aromatic heterocycles. The van der Waals surface area contributed by atoms with Crippen molar-refractivity contribution in [1.82, 2.24) is 0 Å². The summed E-state index contributed by atoms with van der Waals surface area (Å²) in [6.45, 7) is 4.62. The van der Waals surface area contributed by atoms with Gasteiger partial charge >= 0.3 is 0 Å². The molecule has 1 atom stereocenters. The summed E-state index contributed by atoms with van der Waals surface area (Å²) in [5.74, 6) is 0.836. The molecule has 2 N–H and O–H groups in total. The Morgan fingerprint density at radius 3 is 2.79 bits per heavy atom. The van der Waals surface area contributed by atoms with Gasteiger partial charge in [0.1, 0.15) is 0 Å². The van der Waals surface area contributed by atoms with Gasteiger partial charge in [0.15, 0.2) is 0 Å². The van der Waals surface area contributed by atoms with E-state index in [9.17, 15) is 0 Å². The van der Waals surface area contributed by atoms with Gasteiger partial charge in [-0.25, -0.2) is 0 Å². The summed E-state index contributed by atoms with van der Waals surface area (Å²) >= 11 is 3.62. The highest BCUT2D eigenvalue weighted by atomic mass is 79.9. The van der Waals surface area contributed by atoms with E-state index in [1.165, 1.54) is 18.5 Å². The molecule has 1 aliphatic carbocycles. The van der Waals surface area contributed by atoms with Gasteiger partial charge in [-0.05, 0) is 59.3 Å². The normalized spacial score (nSPS) is 16.4. The number of hydrogen-bond acceptors (Lipinski definition) is 3. The molecule has 0 aliphatic heterocycles. The van der Waals surface area contributed by atoms with Crippen LogP contribution in [0.1, 0.15) is 31.4 Å². The highest BCUT2D eigenvalue weighted by Gasteiger charge is 2.21. The molecule has 1 saturated carbocycles. The second-order valence-electron chi connectivity index (χ2n) is 5.44. The Morgan fingerprint density at radius 2 is 2.21 bits per heavy atom. The van der Waals surface area contributed by atoms with Crippen LogP contribution in [-0.4, -0.2) is 26.8 Å². The zero-order valence-corrected chi connectivity index (χ0v) is 13.3. The van der Waals surface area contributed by atoms with E-state index < -0.39 is 0 Å². The van der Waals surface area contributed by atoms with E-state index >= 15 is 0 Å². The second kappa shape index (κ2) is 6.73. The highest BCUT2D eigenvalue weighted by Crippen LogP contribution is 2.29. The van der Waals surface area contributed by atoms with Crippen molar-refractivity contribution in [2.45, 2.75) is 25.8 Å². The van der Waals surface area contributed by atoms with Gasteiger partial charge in [-0.2, -0.15) is 0 Å². The number of halogens is 1. The molecule has 0 spiro atoms. The first-order chi connectivity index (χ1) is 9.08. The van der Waals surface area contributed by atoms with E-state index in [-0.39, 0.29) is 6.04 Å². The van der Waals surface area contributed by atoms with Gasteiger partial charge in [0, 0.05) is 30.7 Å². The minimum atomic E-state index is 0.0672. The highest BCUT2D eigenvalue weighted by molar-refractivity contribution is 9.10. The Hall–Kier alpha value is -0.580. The SMILES string of the molecule is C[C@@H](N)c1ccc(N(C)CCOCC2CC2)c(Br)c1. The average Bonchev–Trinajstić information content (AvgIpc) is 3.18. The molecule has 0 amide bonds. The summed E-state index contributed by atoms with van der Waals surface area (Å²) in [6.07, 6.45) is 2.69. The van der Waals surface area contributed by atoms with Crippen molar-refractivity contribution in [3.05, 3.63) is 28.2 Å². The largest absolute Gasteiger partial charge is 0.379 e. The average molecular weight is 327 g/mol. The molecule has 0 saturated heterocycles. The third-order valence-electron chi connectivity index (χ3n) is 3.53. The number of ether oxygens (including phenoxy) is 1. The van der Waals surface area contributed by atoms with Crippen LogP contribution in [0.2, 0.25) is 0 Å². The van der Waals surface area contributed by atoms with Gasteiger partial charge < -0.3 is 15.4 Å². The lowest BCUT2D eigenvalue weighted by molar-refractivity contribution is 0.131. The molecule has 106 valence electrons.